The summed E-state index contributed by atoms with van der Waals surface area (Å²) in [5, 5.41) is 0. The topological polar surface area (TPSA) is 61.5 Å². The van der Waals surface area contributed by atoms with Crippen molar-refractivity contribution in [1.82, 2.24) is 0 Å². The fraction of sp³-hybridized carbons (Fsp3) is 0.889. The first-order valence-electron chi connectivity index (χ1n) is 4.50. The molecule has 1 aliphatic carbocycles. The predicted octanol–water partition coefficient (Wildman–Crippen LogP) is 0.444. The lowest BCUT2D eigenvalue weighted by molar-refractivity contribution is -0.160. The van der Waals surface area contributed by atoms with Crippen LogP contribution in [0.5, 0.6) is 0 Å². The summed E-state index contributed by atoms with van der Waals surface area (Å²) in [7, 11) is 1.35. The van der Waals surface area contributed by atoms with E-state index >= 15 is 0 Å². The molecule has 0 radical (unpaired) electrons. The zero-order valence-corrected chi connectivity index (χ0v) is 8.37. The second-order valence-electron chi connectivity index (χ2n) is 3.86. The molecule has 1 aliphatic rings. The number of hydrogen-bond acceptors (Lipinski definition) is 4. The van der Waals surface area contributed by atoms with Crippen LogP contribution in [0.4, 0.5) is 0 Å². The standard InChI is InChI=1S/C9H17NO3/c1-6(2)13-7-4-9(10,5-7)8(11)12-3/h6-7H,4-5,10H2,1-3H3. The van der Waals surface area contributed by atoms with Gasteiger partial charge in [-0.3, -0.25) is 4.79 Å². The molecule has 4 nitrogen and oxygen atoms in total. The summed E-state index contributed by atoms with van der Waals surface area (Å²) in [6.45, 7) is 3.93. The van der Waals surface area contributed by atoms with Gasteiger partial charge in [-0.2, -0.15) is 0 Å². The van der Waals surface area contributed by atoms with Crippen LogP contribution in [0.25, 0.3) is 0 Å². The molecule has 1 rings (SSSR count). The Morgan fingerprint density at radius 2 is 2.08 bits per heavy atom. The summed E-state index contributed by atoms with van der Waals surface area (Å²) < 4.78 is 10.1. The second kappa shape index (κ2) is 3.64. The van der Waals surface area contributed by atoms with E-state index in [0.717, 1.165) is 0 Å². The number of esters is 1. The first-order chi connectivity index (χ1) is 5.98. The van der Waals surface area contributed by atoms with Crippen LogP contribution in [0.15, 0.2) is 0 Å². The van der Waals surface area contributed by atoms with Gasteiger partial charge in [-0.05, 0) is 13.8 Å². The molecule has 0 saturated heterocycles. The summed E-state index contributed by atoms with van der Waals surface area (Å²) in [6.07, 6.45) is 1.44. The monoisotopic (exact) mass is 187 g/mol. The lowest BCUT2D eigenvalue weighted by atomic mass is 9.75. The number of carbonyl (C=O) groups excluding carboxylic acids is 1. The van der Waals surface area contributed by atoms with Crippen LogP contribution in [0.2, 0.25) is 0 Å². The minimum atomic E-state index is -0.797. The van der Waals surface area contributed by atoms with Gasteiger partial charge in [0.1, 0.15) is 5.54 Å². The van der Waals surface area contributed by atoms with Gasteiger partial charge < -0.3 is 15.2 Å². The van der Waals surface area contributed by atoms with Crippen LogP contribution in [0.1, 0.15) is 26.7 Å². The van der Waals surface area contributed by atoms with Crippen LogP contribution >= 0.6 is 0 Å². The van der Waals surface area contributed by atoms with E-state index < -0.39 is 5.54 Å². The van der Waals surface area contributed by atoms with Crippen molar-refractivity contribution in [2.24, 2.45) is 5.73 Å². The zero-order valence-electron chi connectivity index (χ0n) is 8.37. The summed E-state index contributed by atoms with van der Waals surface area (Å²) in [4.78, 5) is 11.1. The van der Waals surface area contributed by atoms with E-state index in [0.29, 0.717) is 12.8 Å². The van der Waals surface area contributed by atoms with E-state index in [2.05, 4.69) is 4.74 Å². The molecule has 0 aliphatic heterocycles. The van der Waals surface area contributed by atoms with Crippen molar-refractivity contribution < 1.29 is 14.3 Å². The first kappa shape index (κ1) is 10.5. The summed E-state index contributed by atoms with van der Waals surface area (Å²) in [6, 6.07) is 0. The molecule has 0 aromatic heterocycles. The van der Waals surface area contributed by atoms with E-state index in [1.54, 1.807) is 0 Å². The molecule has 1 fully saturated rings. The summed E-state index contributed by atoms with van der Waals surface area (Å²) >= 11 is 0. The van der Waals surface area contributed by atoms with E-state index in [1.807, 2.05) is 13.8 Å². The highest BCUT2D eigenvalue weighted by Crippen LogP contribution is 2.33. The van der Waals surface area contributed by atoms with Crippen molar-refractivity contribution in [3.8, 4) is 0 Å². The van der Waals surface area contributed by atoms with Gasteiger partial charge in [0, 0.05) is 12.8 Å². The molecule has 0 heterocycles. The van der Waals surface area contributed by atoms with Gasteiger partial charge in [0.15, 0.2) is 0 Å². The van der Waals surface area contributed by atoms with Crippen LogP contribution in [-0.4, -0.2) is 30.8 Å². The van der Waals surface area contributed by atoms with Crippen LogP contribution < -0.4 is 5.73 Å². The Bertz CT molecular complexity index is 197. The van der Waals surface area contributed by atoms with Gasteiger partial charge in [-0.25, -0.2) is 0 Å². The molecule has 0 unspecified atom stereocenters. The van der Waals surface area contributed by atoms with Crippen LogP contribution in [0, 0.1) is 0 Å². The molecule has 1 saturated carbocycles. The predicted molar refractivity (Wildman–Crippen MR) is 48.2 cm³/mol. The quantitative estimate of drug-likeness (QED) is 0.651. The Labute approximate surface area is 78.4 Å². The molecule has 76 valence electrons. The number of hydrogen-bond donors (Lipinski definition) is 1. The van der Waals surface area contributed by atoms with Crippen molar-refractivity contribution in [3.63, 3.8) is 0 Å². The average molecular weight is 187 g/mol. The number of methoxy groups -OCH3 is 1. The highest BCUT2D eigenvalue weighted by atomic mass is 16.5. The number of rotatable bonds is 3. The average Bonchev–Trinajstić information content (AvgIpc) is 1.99. The van der Waals surface area contributed by atoms with E-state index in [1.165, 1.54) is 7.11 Å². The molecule has 2 N–H and O–H groups in total. The third kappa shape index (κ3) is 2.19. The van der Waals surface area contributed by atoms with Gasteiger partial charge >= 0.3 is 5.97 Å². The van der Waals surface area contributed by atoms with Gasteiger partial charge in [0.05, 0.1) is 19.3 Å². The Morgan fingerprint density at radius 1 is 1.54 bits per heavy atom. The molecule has 13 heavy (non-hydrogen) atoms. The highest BCUT2D eigenvalue weighted by Gasteiger charge is 2.48. The molecule has 0 atom stereocenters. The Morgan fingerprint density at radius 3 is 2.46 bits per heavy atom. The normalized spacial score (nSPS) is 32.8. The van der Waals surface area contributed by atoms with Crippen molar-refractivity contribution in [1.29, 1.82) is 0 Å². The van der Waals surface area contributed by atoms with Crippen molar-refractivity contribution in [2.75, 3.05) is 7.11 Å². The molecular formula is C9H17NO3. The van der Waals surface area contributed by atoms with Crippen molar-refractivity contribution in [3.05, 3.63) is 0 Å². The first-order valence-corrected chi connectivity index (χ1v) is 4.50. The van der Waals surface area contributed by atoms with E-state index in [9.17, 15) is 4.79 Å². The Kier molecular flexibility index (Phi) is 2.93. The molecule has 0 aromatic rings. The molecule has 4 heteroatoms. The fourth-order valence-electron chi connectivity index (χ4n) is 1.60. The summed E-state index contributed by atoms with van der Waals surface area (Å²) in [5.74, 6) is -0.337. The molecule has 0 aromatic carbocycles. The van der Waals surface area contributed by atoms with Gasteiger partial charge in [-0.15, -0.1) is 0 Å². The lowest BCUT2D eigenvalue weighted by Crippen LogP contribution is -2.61. The van der Waals surface area contributed by atoms with Crippen molar-refractivity contribution in [2.45, 2.75) is 44.4 Å². The second-order valence-corrected chi connectivity index (χ2v) is 3.86. The Balaban J connectivity index is 2.34. The number of nitrogens with two attached hydrogens (primary N) is 1. The van der Waals surface area contributed by atoms with Crippen molar-refractivity contribution >= 4 is 5.97 Å². The SMILES string of the molecule is COC(=O)C1(N)CC(OC(C)C)C1. The smallest absolute Gasteiger partial charge is 0.326 e. The van der Waals surface area contributed by atoms with Gasteiger partial charge in [0.25, 0.3) is 0 Å². The molecule has 0 amide bonds. The fourth-order valence-corrected chi connectivity index (χ4v) is 1.60. The van der Waals surface area contributed by atoms with Crippen LogP contribution in [0.3, 0.4) is 0 Å². The Hall–Kier alpha value is -0.610. The third-order valence-corrected chi connectivity index (χ3v) is 2.24. The number of ether oxygens (including phenoxy) is 2. The molecular weight excluding hydrogens is 170 g/mol. The minimum Gasteiger partial charge on any atom is -0.468 e. The van der Waals surface area contributed by atoms with Gasteiger partial charge in [0.2, 0.25) is 0 Å². The lowest BCUT2D eigenvalue weighted by Gasteiger charge is -2.42. The van der Waals surface area contributed by atoms with E-state index in [-0.39, 0.29) is 18.2 Å². The maximum absolute atomic E-state index is 11.1. The third-order valence-electron chi connectivity index (χ3n) is 2.24. The largest absolute Gasteiger partial charge is 0.468 e. The number of carbonyl (C=O) groups is 1. The maximum Gasteiger partial charge on any atom is 0.326 e. The van der Waals surface area contributed by atoms with E-state index in [4.69, 9.17) is 10.5 Å². The summed E-state index contributed by atoms with van der Waals surface area (Å²) in [5.41, 5.74) is 4.97. The van der Waals surface area contributed by atoms with Gasteiger partial charge in [-0.1, -0.05) is 0 Å². The minimum absolute atomic E-state index is 0.115. The molecule has 0 spiro atoms. The van der Waals surface area contributed by atoms with Crippen LogP contribution in [-0.2, 0) is 14.3 Å². The molecule has 0 bridgehead atoms. The highest BCUT2D eigenvalue weighted by molar-refractivity contribution is 5.81. The zero-order chi connectivity index (χ0) is 10.1. The maximum atomic E-state index is 11.1.